The number of nitrogens with zero attached hydrogens (tertiary/aromatic N) is 2. The largest absolute Gasteiger partial charge is 0.245 e. The number of aryl methyl sites for hydroxylation is 4. The third kappa shape index (κ3) is 2.66. The van der Waals surface area contributed by atoms with E-state index < -0.39 is 0 Å². The summed E-state index contributed by atoms with van der Waals surface area (Å²) in [6.07, 6.45) is 5.43. The van der Waals surface area contributed by atoms with Gasteiger partial charge in [0.05, 0.1) is 0 Å². The fraction of sp³-hybridized carbons (Fsp3) is 0.286. The summed E-state index contributed by atoms with van der Waals surface area (Å²) in [6.45, 7) is 4.30. The molecule has 1 aromatic heterocycles. The molecule has 16 heavy (non-hydrogen) atoms. The highest BCUT2D eigenvalue weighted by molar-refractivity contribution is 5.30. The molecule has 2 nitrogen and oxygen atoms in total. The summed E-state index contributed by atoms with van der Waals surface area (Å²) in [5, 5.41) is 0. The van der Waals surface area contributed by atoms with Gasteiger partial charge >= 0.3 is 0 Å². The highest BCUT2D eigenvalue weighted by Gasteiger charge is 2.00. The lowest BCUT2D eigenvalue weighted by Crippen LogP contribution is -1.96. The molecule has 0 fully saturated rings. The molecule has 2 rings (SSSR count). The van der Waals surface area contributed by atoms with E-state index in [0.29, 0.717) is 0 Å². The van der Waals surface area contributed by atoms with E-state index in [-0.39, 0.29) is 0 Å². The van der Waals surface area contributed by atoms with Crippen molar-refractivity contribution in [2.24, 2.45) is 0 Å². The molecule has 0 aliphatic rings. The van der Waals surface area contributed by atoms with Crippen molar-refractivity contribution < 1.29 is 0 Å². The van der Waals surface area contributed by atoms with Crippen LogP contribution in [-0.4, -0.2) is 9.97 Å². The van der Waals surface area contributed by atoms with E-state index in [1.165, 1.54) is 16.7 Å². The quantitative estimate of drug-likeness (QED) is 0.781. The second-order valence-electron chi connectivity index (χ2n) is 4.13. The first-order valence-electron chi connectivity index (χ1n) is 5.57. The normalized spacial score (nSPS) is 10.4. The summed E-state index contributed by atoms with van der Waals surface area (Å²) in [4.78, 5) is 8.15. The SMILES string of the molecule is Cc1ccc(CCc2ccncn2)c(C)c1. The predicted molar refractivity (Wildman–Crippen MR) is 65.4 cm³/mol. The molecule has 2 aromatic rings. The molecule has 0 amide bonds. The lowest BCUT2D eigenvalue weighted by atomic mass is 10.0. The fourth-order valence-electron chi connectivity index (χ4n) is 1.86. The van der Waals surface area contributed by atoms with E-state index in [4.69, 9.17) is 0 Å². The van der Waals surface area contributed by atoms with Gasteiger partial charge in [-0.1, -0.05) is 23.8 Å². The molecule has 0 saturated carbocycles. The number of aromatic nitrogens is 2. The molecule has 82 valence electrons. The van der Waals surface area contributed by atoms with E-state index >= 15 is 0 Å². The molecule has 0 radical (unpaired) electrons. The Morgan fingerprint density at radius 2 is 1.94 bits per heavy atom. The summed E-state index contributed by atoms with van der Waals surface area (Å²) in [6, 6.07) is 8.59. The van der Waals surface area contributed by atoms with Crippen LogP contribution in [0.1, 0.15) is 22.4 Å². The minimum Gasteiger partial charge on any atom is -0.245 e. The fourth-order valence-corrected chi connectivity index (χ4v) is 1.86. The molecule has 2 heteroatoms. The topological polar surface area (TPSA) is 25.8 Å². The van der Waals surface area contributed by atoms with Crippen molar-refractivity contribution in [3.05, 3.63) is 59.2 Å². The zero-order valence-corrected chi connectivity index (χ0v) is 9.77. The smallest absolute Gasteiger partial charge is 0.115 e. The van der Waals surface area contributed by atoms with Crippen LogP contribution < -0.4 is 0 Å². The van der Waals surface area contributed by atoms with Gasteiger partial charge in [0, 0.05) is 11.9 Å². The van der Waals surface area contributed by atoms with Crippen molar-refractivity contribution in [1.82, 2.24) is 9.97 Å². The van der Waals surface area contributed by atoms with Gasteiger partial charge < -0.3 is 0 Å². The van der Waals surface area contributed by atoms with Crippen LogP contribution in [0.2, 0.25) is 0 Å². The molecule has 0 bridgehead atoms. The molecular formula is C14H16N2. The van der Waals surface area contributed by atoms with Crippen molar-refractivity contribution in [1.29, 1.82) is 0 Å². The summed E-state index contributed by atoms with van der Waals surface area (Å²) in [5.74, 6) is 0. The maximum atomic E-state index is 4.23. The van der Waals surface area contributed by atoms with Gasteiger partial charge in [0.15, 0.2) is 0 Å². The molecule has 0 aliphatic carbocycles. The minimum atomic E-state index is 0.979. The Balaban J connectivity index is 2.05. The average molecular weight is 212 g/mol. The maximum absolute atomic E-state index is 4.23. The Morgan fingerprint density at radius 3 is 2.62 bits per heavy atom. The number of rotatable bonds is 3. The van der Waals surface area contributed by atoms with Crippen LogP contribution in [0.4, 0.5) is 0 Å². The van der Waals surface area contributed by atoms with Gasteiger partial charge in [0.1, 0.15) is 6.33 Å². The van der Waals surface area contributed by atoms with Gasteiger partial charge in [-0.15, -0.1) is 0 Å². The second kappa shape index (κ2) is 4.88. The van der Waals surface area contributed by atoms with Crippen LogP contribution in [-0.2, 0) is 12.8 Å². The minimum absolute atomic E-state index is 0.979. The number of hydrogen-bond donors (Lipinski definition) is 0. The van der Waals surface area contributed by atoms with E-state index in [0.717, 1.165) is 18.5 Å². The average Bonchev–Trinajstić information content (AvgIpc) is 2.29. The van der Waals surface area contributed by atoms with E-state index in [1.807, 2.05) is 6.07 Å². The highest BCUT2D eigenvalue weighted by Crippen LogP contribution is 2.12. The van der Waals surface area contributed by atoms with Crippen molar-refractivity contribution in [3.63, 3.8) is 0 Å². The van der Waals surface area contributed by atoms with Crippen LogP contribution in [0.15, 0.2) is 36.8 Å². The van der Waals surface area contributed by atoms with Gasteiger partial charge in [0.2, 0.25) is 0 Å². The Morgan fingerprint density at radius 1 is 1.06 bits per heavy atom. The molecule has 0 saturated heterocycles. The molecular weight excluding hydrogens is 196 g/mol. The summed E-state index contributed by atoms with van der Waals surface area (Å²) >= 11 is 0. The first-order chi connectivity index (χ1) is 7.75. The van der Waals surface area contributed by atoms with Crippen molar-refractivity contribution in [3.8, 4) is 0 Å². The van der Waals surface area contributed by atoms with Crippen molar-refractivity contribution in [2.45, 2.75) is 26.7 Å². The molecule has 1 aromatic carbocycles. The molecule has 0 atom stereocenters. The Labute approximate surface area is 96.4 Å². The van der Waals surface area contributed by atoms with Gasteiger partial charge in [-0.05, 0) is 43.9 Å². The van der Waals surface area contributed by atoms with Gasteiger partial charge in [-0.2, -0.15) is 0 Å². The van der Waals surface area contributed by atoms with Crippen LogP contribution in [0.5, 0.6) is 0 Å². The van der Waals surface area contributed by atoms with Crippen LogP contribution in [0.3, 0.4) is 0 Å². The first kappa shape index (κ1) is 10.8. The summed E-state index contributed by atoms with van der Waals surface area (Å²) in [5.41, 5.74) is 5.21. The lowest BCUT2D eigenvalue weighted by Gasteiger charge is -2.06. The van der Waals surface area contributed by atoms with Gasteiger partial charge in [-0.25, -0.2) is 9.97 Å². The number of benzene rings is 1. The zero-order valence-electron chi connectivity index (χ0n) is 9.77. The number of hydrogen-bond acceptors (Lipinski definition) is 2. The zero-order chi connectivity index (χ0) is 11.4. The second-order valence-corrected chi connectivity index (χ2v) is 4.13. The lowest BCUT2D eigenvalue weighted by molar-refractivity contribution is 0.893. The molecule has 0 aliphatic heterocycles. The van der Waals surface area contributed by atoms with Gasteiger partial charge in [-0.3, -0.25) is 0 Å². The highest BCUT2D eigenvalue weighted by atomic mass is 14.8. The summed E-state index contributed by atoms with van der Waals surface area (Å²) < 4.78 is 0. The van der Waals surface area contributed by atoms with E-state index in [1.54, 1.807) is 12.5 Å². The predicted octanol–water partition coefficient (Wildman–Crippen LogP) is 2.88. The molecule has 1 heterocycles. The van der Waals surface area contributed by atoms with Crippen LogP contribution in [0.25, 0.3) is 0 Å². The first-order valence-corrected chi connectivity index (χ1v) is 5.57. The van der Waals surface area contributed by atoms with Crippen molar-refractivity contribution >= 4 is 0 Å². The molecule has 0 spiro atoms. The molecule has 0 N–H and O–H groups in total. The standard InChI is InChI=1S/C14H16N2/c1-11-3-4-13(12(2)9-11)5-6-14-7-8-15-10-16-14/h3-4,7-10H,5-6H2,1-2H3. The van der Waals surface area contributed by atoms with Crippen LogP contribution in [0, 0.1) is 13.8 Å². The maximum Gasteiger partial charge on any atom is 0.115 e. The van der Waals surface area contributed by atoms with E-state index in [9.17, 15) is 0 Å². The Kier molecular flexibility index (Phi) is 3.30. The van der Waals surface area contributed by atoms with E-state index in [2.05, 4.69) is 42.0 Å². The van der Waals surface area contributed by atoms with Crippen molar-refractivity contribution in [2.75, 3.05) is 0 Å². The van der Waals surface area contributed by atoms with Gasteiger partial charge in [0.25, 0.3) is 0 Å². The van der Waals surface area contributed by atoms with Crippen LogP contribution >= 0.6 is 0 Å². The third-order valence-corrected chi connectivity index (χ3v) is 2.79. The Bertz CT molecular complexity index is 463. The Hall–Kier alpha value is -1.70. The molecule has 0 unspecified atom stereocenters. The third-order valence-electron chi connectivity index (χ3n) is 2.79. The monoisotopic (exact) mass is 212 g/mol. The summed E-state index contributed by atoms with van der Waals surface area (Å²) in [7, 11) is 0.